The maximum Gasteiger partial charge on any atom is 0 e. The van der Waals surface area contributed by atoms with E-state index in [1.807, 2.05) is 0 Å². The quantitative estimate of drug-likeness (QED) is 0.548. The number of hydrogen-bond acceptors (Lipinski definition) is 1. The predicted molar refractivity (Wildman–Crippen MR) is 23.6 cm³/mol. The fourth-order valence-corrected chi connectivity index (χ4v) is 0.0962. The summed E-state index contributed by atoms with van der Waals surface area (Å²) in [6, 6.07) is 0. The van der Waals surface area contributed by atoms with Crippen LogP contribution in [0.3, 0.4) is 0 Å². The van der Waals surface area contributed by atoms with Crippen LogP contribution in [-0.4, -0.2) is 6.54 Å². The molecule has 0 saturated carbocycles. The fraction of sp³-hybridized carbons (Fsp3) is 0.250. The van der Waals surface area contributed by atoms with Crippen molar-refractivity contribution in [2.75, 3.05) is 6.54 Å². The van der Waals surface area contributed by atoms with Crippen LogP contribution in [0.25, 0.3) is 0 Å². The Labute approximate surface area is 63.9 Å². The smallest absolute Gasteiger partial charge is 0 e. The minimum atomic E-state index is 0. The summed E-state index contributed by atoms with van der Waals surface area (Å²) in [5.74, 6) is 0. The average Bonchev–Trinajstić information content (AvgIpc) is 1.41. The minimum absolute atomic E-state index is 0. The van der Waals surface area contributed by atoms with Gasteiger partial charge in [0, 0.05) is 32.7 Å². The van der Waals surface area contributed by atoms with E-state index in [1.165, 1.54) is 0 Å². The van der Waals surface area contributed by atoms with Crippen LogP contribution < -0.4 is 5.73 Å². The molecule has 0 bridgehead atoms. The Morgan fingerprint density at radius 3 is 2.17 bits per heavy atom. The van der Waals surface area contributed by atoms with Gasteiger partial charge in [0.25, 0.3) is 0 Å². The van der Waals surface area contributed by atoms with Crippen LogP contribution in [0.5, 0.6) is 0 Å². The molecular weight excluding hydrogens is 151 g/mol. The predicted octanol–water partition coefficient (Wildman–Crippen LogP) is 0.333. The summed E-state index contributed by atoms with van der Waals surface area (Å²) in [6.07, 6.45) is 3.47. The van der Waals surface area contributed by atoms with E-state index in [0.29, 0.717) is 6.54 Å². The van der Waals surface area contributed by atoms with Crippen molar-refractivity contribution in [2.24, 2.45) is 5.73 Å². The zero-order valence-corrected chi connectivity index (χ0v) is 6.56. The zero-order chi connectivity index (χ0) is 4.12. The molecular formula is C4H8NY-. The van der Waals surface area contributed by atoms with Crippen molar-refractivity contribution in [1.29, 1.82) is 0 Å². The van der Waals surface area contributed by atoms with Crippen molar-refractivity contribution in [3.8, 4) is 0 Å². The van der Waals surface area contributed by atoms with Gasteiger partial charge in [-0.25, -0.2) is 19.1 Å². The van der Waals surface area contributed by atoms with Crippen LogP contribution in [-0.2, 0) is 32.7 Å². The Balaban J connectivity index is 0. The summed E-state index contributed by atoms with van der Waals surface area (Å²) in [6.45, 7) is 4.02. The van der Waals surface area contributed by atoms with E-state index < -0.39 is 0 Å². The second-order valence-electron chi connectivity index (χ2n) is 0.707. The first-order valence-electron chi connectivity index (χ1n) is 1.56. The summed E-state index contributed by atoms with van der Waals surface area (Å²) < 4.78 is 0. The molecule has 2 heteroatoms. The van der Waals surface area contributed by atoms with Gasteiger partial charge in [-0.05, 0) is 0 Å². The molecule has 1 nitrogen and oxygen atoms in total. The number of allylic oxidation sites excluding steroid dienone is 1. The number of hydrogen-bond donors (Lipinski definition) is 1. The molecule has 0 rings (SSSR count). The van der Waals surface area contributed by atoms with Crippen LogP contribution in [0.1, 0.15) is 0 Å². The van der Waals surface area contributed by atoms with E-state index in [-0.39, 0.29) is 32.7 Å². The van der Waals surface area contributed by atoms with Gasteiger partial charge in [0.2, 0.25) is 0 Å². The van der Waals surface area contributed by atoms with E-state index in [0.717, 1.165) is 0 Å². The van der Waals surface area contributed by atoms with Crippen molar-refractivity contribution in [2.45, 2.75) is 0 Å². The Morgan fingerprint density at radius 2 is 2.17 bits per heavy atom. The van der Waals surface area contributed by atoms with Crippen LogP contribution >= 0.6 is 0 Å². The van der Waals surface area contributed by atoms with Crippen LogP contribution in [0, 0.1) is 6.92 Å². The summed E-state index contributed by atoms with van der Waals surface area (Å²) in [4.78, 5) is 0. The third-order valence-corrected chi connectivity index (χ3v) is 0.303. The maximum atomic E-state index is 5.01. The van der Waals surface area contributed by atoms with E-state index in [9.17, 15) is 0 Å². The van der Waals surface area contributed by atoms with Crippen molar-refractivity contribution in [1.82, 2.24) is 0 Å². The molecule has 0 aromatic rings. The molecule has 6 heavy (non-hydrogen) atoms. The van der Waals surface area contributed by atoms with Crippen molar-refractivity contribution in [3.63, 3.8) is 0 Å². The second kappa shape index (κ2) is 9.18. The van der Waals surface area contributed by atoms with Crippen molar-refractivity contribution in [3.05, 3.63) is 19.1 Å². The molecule has 0 spiro atoms. The van der Waals surface area contributed by atoms with E-state index in [2.05, 4.69) is 6.92 Å². The van der Waals surface area contributed by atoms with E-state index in [1.54, 1.807) is 12.2 Å². The van der Waals surface area contributed by atoms with Gasteiger partial charge in [0.15, 0.2) is 0 Å². The first-order chi connectivity index (χ1) is 2.41. The second-order valence-corrected chi connectivity index (χ2v) is 0.707. The molecule has 0 aliphatic carbocycles. The molecule has 1 radical (unpaired) electrons. The molecule has 0 aromatic carbocycles. The summed E-state index contributed by atoms with van der Waals surface area (Å²) in [7, 11) is 0. The Kier molecular flexibility index (Phi) is 15.1. The maximum absolute atomic E-state index is 5.01. The monoisotopic (exact) mass is 159 g/mol. The Morgan fingerprint density at radius 1 is 1.67 bits per heavy atom. The van der Waals surface area contributed by atoms with Gasteiger partial charge in [-0.15, -0.1) is 0 Å². The Bertz CT molecular complexity index is 34.5. The van der Waals surface area contributed by atoms with Crippen LogP contribution in [0.15, 0.2) is 12.2 Å². The Hall–Kier alpha value is 0.674. The third-order valence-electron chi connectivity index (χ3n) is 0.303. The summed E-state index contributed by atoms with van der Waals surface area (Å²) in [5, 5.41) is 0. The van der Waals surface area contributed by atoms with Crippen molar-refractivity contribution < 1.29 is 32.7 Å². The number of nitrogens with two attached hydrogens (primary N) is 1. The standard InChI is InChI=1S/C4H8N.Y/c1-2-3-4-5;/h2-3H,1,4-5H2;/q-1;/b3-2+;. The third kappa shape index (κ3) is 8.82. The topological polar surface area (TPSA) is 26.0 Å². The largest absolute Gasteiger partial charge is 0.343 e. The molecule has 0 heterocycles. The van der Waals surface area contributed by atoms with Gasteiger partial charge < -0.3 is 5.73 Å². The van der Waals surface area contributed by atoms with Gasteiger partial charge in [0.1, 0.15) is 0 Å². The van der Waals surface area contributed by atoms with E-state index >= 15 is 0 Å². The van der Waals surface area contributed by atoms with E-state index in [4.69, 9.17) is 5.73 Å². The molecule has 0 atom stereocenters. The molecule has 0 fully saturated rings. The fourth-order valence-electron chi connectivity index (χ4n) is 0.0962. The van der Waals surface area contributed by atoms with Crippen LogP contribution in [0.4, 0.5) is 0 Å². The summed E-state index contributed by atoms with van der Waals surface area (Å²) in [5.41, 5.74) is 5.01. The first kappa shape index (κ1) is 9.84. The van der Waals surface area contributed by atoms with Gasteiger partial charge in [-0.2, -0.15) is 0 Å². The van der Waals surface area contributed by atoms with Gasteiger partial charge in [-0.3, -0.25) is 0 Å². The van der Waals surface area contributed by atoms with Gasteiger partial charge in [-0.1, -0.05) is 6.54 Å². The molecule has 0 aromatic heterocycles. The summed E-state index contributed by atoms with van der Waals surface area (Å²) >= 11 is 0. The zero-order valence-electron chi connectivity index (χ0n) is 3.72. The molecule has 0 aliphatic heterocycles. The molecule has 2 N–H and O–H groups in total. The van der Waals surface area contributed by atoms with Gasteiger partial charge in [0.05, 0.1) is 0 Å². The van der Waals surface area contributed by atoms with Crippen LogP contribution in [0.2, 0.25) is 0 Å². The molecule has 0 unspecified atom stereocenters. The average molecular weight is 159 g/mol. The minimum Gasteiger partial charge on any atom is -0.343 e. The molecule has 33 valence electrons. The van der Waals surface area contributed by atoms with Crippen molar-refractivity contribution >= 4 is 0 Å². The normalized spacial score (nSPS) is 8.17. The first-order valence-corrected chi connectivity index (χ1v) is 1.56. The molecule has 0 amide bonds. The number of rotatable bonds is 1. The molecule has 0 saturated heterocycles. The van der Waals surface area contributed by atoms with Gasteiger partial charge >= 0.3 is 0 Å². The molecule has 0 aliphatic rings. The SMILES string of the molecule is [CH2-]/C=C/CN.[Y].